The van der Waals surface area contributed by atoms with Gasteiger partial charge in [-0.15, -0.1) is 9.15 Å². The normalized spacial score (nSPS) is 22.4. The number of alkyl halides is 3. The van der Waals surface area contributed by atoms with Crippen molar-refractivity contribution in [3.05, 3.63) is 57.5 Å². The largest absolute Gasteiger partial charge is 0.402 e. The fraction of sp³-hybridized carbons (Fsp3) is 0.448. The number of hydrogen-bond donors (Lipinski definition) is 0. The van der Waals surface area contributed by atoms with Crippen molar-refractivity contribution >= 4 is 35.0 Å². The van der Waals surface area contributed by atoms with Crippen molar-refractivity contribution in [1.29, 1.82) is 0 Å². The van der Waals surface area contributed by atoms with Gasteiger partial charge < -0.3 is 0 Å². The van der Waals surface area contributed by atoms with E-state index in [1.165, 1.54) is 0 Å². The number of amidine groups is 4. The first-order valence-electron chi connectivity index (χ1n) is 14.2. The van der Waals surface area contributed by atoms with Gasteiger partial charge in [0.1, 0.15) is 11.3 Å². The molecule has 0 amide bonds. The number of halogens is 3. The SMILES string of the molecule is CCCC1=CC2=[N+]3C1=NC1=[N+]4C(=Nc5cc(CCC)c6n5C43n3c(cc(CCC)c3=N2)=N6)C(CCC(F)(F)F)=C1. The summed E-state index contributed by atoms with van der Waals surface area (Å²) in [5, 5.41) is 0. The topological polar surface area (TPSA) is 65.3 Å². The van der Waals surface area contributed by atoms with Crippen LogP contribution in [0.15, 0.2) is 55.4 Å². The van der Waals surface area contributed by atoms with Crippen molar-refractivity contribution in [2.24, 2.45) is 20.0 Å². The van der Waals surface area contributed by atoms with Crippen LogP contribution in [0.2, 0.25) is 0 Å². The molecule has 0 saturated heterocycles. The Hall–Kier alpha value is -3.89. The molecule has 204 valence electrons. The Morgan fingerprint density at radius 2 is 1.40 bits per heavy atom. The molecule has 2 aromatic heterocycles. The lowest BCUT2D eigenvalue weighted by Crippen LogP contribution is -2.71. The Labute approximate surface area is 228 Å². The van der Waals surface area contributed by atoms with Crippen LogP contribution >= 0.6 is 0 Å². The summed E-state index contributed by atoms with van der Waals surface area (Å²) in [4.78, 5) is 20.5. The van der Waals surface area contributed by atoms with E-state index in [0.29, 0.717) is 23.1 Å². The molecule has 0 saturated carbocycles. The van der Waals surface area contributed by atoms with Crippen molar-refractivity contribution in [2.45, 2.75) is 84.2 Å². The molecule has 8 heterocycles. The molecule has 2 aromatic rings. The molecule has 1 spiro atoms. The lowest BCUT2D eigenvalue weighted by Gasteiger charge is -2.42. The number of aryl methyl sites for hydroxylation is 2. The van der Waals surface area contributed by atoms with Gasteiger partial charge >= 0.3 is 12.1 Å². The molecule has 0 bridgehead atoms. The van der Waals surface area contributed by atoms with E-state index >= 15 is 0 Å². The highest BCUT2D eigenvalue weighted by molar-refractivity contribution is 6.18. The van der Waals surface area contributed by atoms with Gasteiger partial charge in [0.25, 0.3) is 23.3 Å². The molecular formula is C29H29F3N8+2. The summed E-state index contributed by atoms with van der Waals surface area (Å²) in [5.74, 6) is 3.24. The Balaban J connectivity index is 1.49. The van der Waals surface area contributed by atoms with E-state index in [1.807, 2.05) is 4.58 Å². The maximum absolute atomic E-state index is 13.4. The van der Waals surface area contributed by atoms with E-state index < -0.39 is 18.5 Å². The Morgan fingerprint density at radius 1 is 0.750 bits per heavy atom. The van der Waals surface area contributed by atoms with Crippen LogP contribution < -0.4 is 11.0 Å². The van der Waals surface area contributed by atoms with E-state index in [-0.39, 0.29) is 6.42 Å². The van der Waals surface area contributed by atoms with Gasteiger partial charge in [0, 0.05) is 46.9 Å². The number of aliphatic imine (C=N–C) groups is 2. The summed E-state index contributed by atoms with van der Waals surface area (Å²) < 4.78 is 48.8. The third-order valence-electron chi connectivity index (χ3n) is 8.44. The van der Waals surface area contributed by atoms with Crippen molar-refractivity contribution in [3.8, 4) is 0 Å². The van der Waals surface area contributed by atoms with Crippen molar-refractivity contribution in [1.82, 2.24) is 9.13 Å². The van der Waals surface area contributed by atoms with E-state index in [9.17, 15) is 13.2 Å². The molecule has 40 heavy (non-hydrogen) atoms. The molecule has 8 rings (SSSR count). The van der Waals surface area contributed by atoms with Gasteiger partial charge in [-0.3, -0.25) is 0 Å². The molecule has 6 aliphatic rings. The molecule has 0 fully saturated rings. The zero-order valence-corrected chi connectivity index (χ0v) is 22.7. The lowest BCUT2D eigenvalue weighted by atomic mass is 10.1. The van der Waals surface area contributed by atoms with E-state index in [4.69, 9.17) is 20.0 Å². The Bertz CT molecular complexity index is 1870. The predicted molar refractivity (Wildman–Crippen MR) is 144 cm³/mol. The molecule has 0 aromatic carbocycles. The Kier molecular flexibility index (Phi) is 4.70. The first-order valence-corrected chi connectivity index (χ1v) is 14.2. The van der Waals surface area contributed by atoms with E-state index in [1.54, 1.807) is 6.08 Å². The third kappa shape index (κ3) is 2.82. The predicted octanol–water partition coefficient (Wildman–Crippen LogP) is 4.51. The van der Waals surface area contributed by atoms with Crippen LogP contribution in [0.25, 0.3) is 0 Å². The monoisotopic (exact) mass is 546 g/mol. The number of hydrogen-bond acceptors (Lipinski definition) is 4. The van der Waals surface area contributed by atoms with E-state index in [0.717, 1.165) is 83.7 Å². The summed E-state index contributed by atoms with van der Waals surface area (Å²) in [6.45, 7) is 6.42. The van der Waals surface area contributed by atoms with Gasteiger partial charge in [-0.1, -0.05) is 55.0 Å². The van der Waals surface area contributed by atoms with Crippen LogP contribution in [-0.2, 0) is 18.8 Å². The zero-order chi connectivity index (χ0) is 27.6. The minimum absolute atomic E-state index is 0.159. The van der Waals surface area contributed by atoms with Crippen LogP contribution in [0.1, 0.15) is 70.4 Å². The lowest BCUT2D eigenvalue weighted by molar-refractivity contribution is -0.792. The minimum atomic E-state index is -4.27. The quantitative estimate of drug-likeness (QED) is 0.438. The van der Waals surface area contributed by atoms with E-state index in [2.05, 4.69) is 52.7 Å². The number of nitrogens with zero attached hydrogens (tertiary/aromatic N) is 8. The summed E-state index contributed by atoms with van der Waals surface area (Å²) >= 11 is 0. The highest BCUT2D eigenvalue weighted by atomic mass is 19.4. The molecule has 11 heteroatoms. The second-order valence-corrected chi connectivity index (χ2v) is 11.2. The van der Waals surface area contributed by atoms with Crippen LogP contribution in [0.5, 0.6) is 0 Å². The van der Waals surface area contributed by atoms with Gasteiger partial charge in [0.05, 0.1) is 0 Å². The van der Waals surface area contributed by atoms with Crippen LogP contribution in [0, 0.1) is 0 Å². The fourth-order valence-corrected chi connectivity index (χ4v) is 7.00. The maximum atomic E-state index is 13.4. The molecule has 0 radical (unpaired) electrons. The molecular weight excluding hydrogens is 517 g/mol. The molecule has 0 aliphatic carbocycles. The minimum Gasteiger partial charge on any atom is -0.212 e. The highest BCUT2D eigenvalue weighted by Crippen LogP contribution is 2.48. The standard InChI is InChI=1S/C29H29F3N8/c1-4-7-16-12-20-34-25-18(9-6-3)14-22-36-27-19(10-11-28(30,31)32)15-23-35-26-17(8-5-2)13-21-33-24(16)37(20)29(38(21)26,39(22)25)40(23)27/h12-15H,4-11H2,1-3H3/q+2. The second kappa shape index (κ2) is 7.86. The molecule has 0 N–H and O–H groups in total. The van der Waals surface area contributed by atoms with Gasteiger partial charge in [0.15, 0.2) is 0 Å². The number of aromatic nitrogens is 2. The molecule has 1 unspecified atom stereocenters. The zero-order valence-electron chi connectivity index (χ0n) is 22.7. The van der Waals surface area contributed by atoms with Gasteiger partial charge in [0.2, 0.25) is 11.3 Å². The van der Waals surface area contributed by atoms with Gasteiger partial charge in [-0.2, -0.15) is 13.2 Å². The average Bonchev–Trinajstić information content (AvgIpc) is 3.64. The molecule has 8 nitrogen and oxygen atoms in total. The summed E-state index contributed by atoms with van der Waals surface area (Å²) in [6.07, 6.45) is 3.92. The maximum Gasteiger partial charge on any atom is 0.402 e. The average molecular weight is 547 g/mol. The highest BCUT2D eigenvalue weighted by Gasteiger charge is 2.67. The van der Waals surface area contributed by atoms with Crippen molar-refractivity contribution in [2.75, 3.05) is 0 Å². The first kappa shape index (κ1) is 24.0. The smallest absolute Gasteiger partial charge is 0.212 e. The van der Waals surface area contributed by atoms with Gasteiger partial charge in [-0.05, 0) is 31.7 Å². The summed E-state index contributed by atoms with van der Waals surface area (Å²) in [7, 11) is 0. The Morgan fingerprint density at radius 3 is 2.10 bits per heavy atom. The van der Waals surface area contributed by atoms with Gasteiger partial charge in [-0.25, -0.2) is 14.1 Å². The van der Waals surface area contributed by atoms with Crippen molar-refractivity contribution in [3.63, 3.8) is 0 Å². The number of rotatable bonds is 8. The fourth-order valence-electron chi connectivity index (χ4n) is 7.00. The first-order chi connectivity index (χ1) is 19.3. The third-order valence-corrected chi connectivity index (χ3v) is 8.44. The molecule has 1 atom stereocenters. The van der Waals surface area contributed by atoms with Crippen LogP contribution in [0.3, 0.4) is 0 Å². The summed E-state index contributed by atoms with van der Waals surface area (Å²) in [5.41, 5.74) is 5.47. The van der Waals surface area contributed by atoms with Crippen molar-refractivity contribution < 1.29 is 22.3 Å². The summed E-state index contributed by atoms with van der Waals surface area (Å²) in [6, 6.07) is 4.19. The van der Waals surface area contributed by atoms with Crippen LogP contribution in [-0.4, -0.2) is 47.8 Å². The molecule has 6 aliphatic heterocycles. The van der Waals surface area contributed by atoms with Crippen LogP contribution in [0.4, 0.5) is 24.8 Å². The second-order valence-electron chi connectivity index (χ2n) is 11.2.